The van der Waals surface area contributed by atoms with Crippen molar-refractivity contribution in [3.8, 4) is 32.0 Å². The summed E-state index contributed by atoms with van der Waals surface area (Å²) < 4.78 is 9.59. The summed E-state index contributed by atoms with van der Waals surface area (Å²) in [5, 5.41) is 7.30. The van der Waals surface area contributed by atoms with Gasteiger partial charge in [0.15, 0.2) is 0 Å². The number of methoxy groups -OCH3 is 2. The quantitative estimate of drug-likeness (QED) is 0.122. The average Bonchev–Trinajstić information content (AvgIpc) is 4.07. The van der Waals surface area contributed by atoms with Gasteiger partial charge in [-0.25, -0.2) is 19.6 Å². The number of alkyl carbamates (subject to hydrolysis) is 2. The molecule has 2 saturated heterocycles. The smallest absolute Gasteiger partial charge is 0.407 e. The maximum absolute atomic E-state index is 13.6. The maximum Gasteiger partial charge on any atom is 0.407 e. The standard InChI is InChI=1S/C42H52N6O6S2/c1-5-7-11-31(45-41(51)53-3)39(49)47-23-9-13-33(47)37-43-25-35(55-37)29-19-15-27(16-20-29)28-17-21-30(22-18-28)36-26-44-38(56-36)34-14-10-24-48(34)40(50)32(12-8-6-2)46-42(52)54-4/h15-22,25-26,31-34H,5-14,23-24H2,1-4H3,(H,45,51)(H,46,52)/t31-,32?,33-,34-/m0/s1. The minimum Gasteiger partial charge on any atom is -0.453 e. The third-order valence-corrected chi connectivity index (χ3v) is 12.9. The molecule has 0 bridgehead atoms. The van der Waals surface area contributed by atoms with E-state index in [0.717, 1.165) is 93.4 Å². The predicted octanol–water partition coefficient (Wildman–Crippen LogP) is 8.76. The van der Waals surface area contributed by atoms with E-state index in [9.17, 15) is 19.2 Å². The minimum atomic E-state index is -0.615. The lowest BCUT2D eigenvalue weighted by molar-refractivity contribution is -0.135. The Hall–Kier alpha value is -4.82. The number of amides is 4. The second-order valence-corrected chi connectivity index (χ2v) is 16.4. The molecule has 2 aliphatic rings. The summed E-state index contributed by atoms with van der Waals surface area (Å²) in [6.45, 7) is 5.40. The second kappa shape index (κ2) is 19.4. The highest BCUT2D eigenvalue weighted by Gasteiger charge is 2.37. The van der Waals surface area contributed by atoms with Gasteiger partial charge in [0.2, 0.25) is 11.8 Å². The number of likely N-dealkylation sites (tertiary alicyclic amines) is 2. The summed E-state index contributed by atoms with van der Waals surface area (Å²) in [7, 11) is 2.62. The molecule has 0 radical (unpaired) electrons. The van der Waals surface area contributed by atoms with Crippen molar-refractivity contribution < 1.29 is 28.7 Å². The van der Waals surface area contributed by atoms with Crippen LogP contribution >= 0.6 is 22.7 Å². The van der Waals surface area contributed by atoms with E-state index in [4.69, 9.17) is 19.4 Å². The molecule has 2 fully saturated rings. The SMILES string of the molecule is CCCCC(NC(=O)OC)C(=O)N1CCC[C@H]1c1ncc(-c2ccc(-c3ccc(-c4cnc([C@@H]5CCCN5C(=O)[C@H](CCCC)NC(=O)OC)s4)cc3)cc2)s1. The molecule has 12 nitrogen and oxygen atoms in total. The van der Waals surface area contributed by atoms with E-state index in [1.165, 1.54) is 14.2 Å². The monoisotopic (exact) mass is 800 g/mol. The number of benzene rings is 2. The third-order valence-electron chi connectivity index (χ3n) is 10.6. The molecule has 2 aliphatic heterocycles. The average molecular weight is 801 g/mol. The number of hydrogen-bond donors (Lipinski definition) is 2. The first-order valence-electron chi connectivity index (χ1n) is 19.7. The molecule has 4 aromatic rings. The van der Waals surface area contributed by atoms with Crippen molar-refractivity contribution in [3.63, 3.8) is 0 Å². The first kappa shape index (κ1) is 40.8. The van der Waals surface area contributed by atoms with Gasteiger partial charge in [-0.1, -0.05) is 88.1 Å². The van der Waals surface area contributed by atoms with Crippen LogP contribution in [-0.4, -0.2) is 83.2 Å². The number of carbonyl (C=O) groups excluding carboxylic acids is 4. The van der Waals surface area contributed by atoms with Crippen LogP contribution in [-0.2, 0) is 19.1 Å². The van der Waals surface area contributed by atoms with Gasteiger partial charge in [0.1, 0.15) is 22.1 Å². The Labute approximate surface area is 337 Å². The van der Waals surface area contributed by atoms with Gasteiger partial charge in [0, 0.05) is 25.5 Å². The van der Waals surface area contributed by atoms with Crippen LogP contribution in [0.1, 0.15) is 100 Å². The van der Waals surface area contributed by atoms with Crippen LogP contribution in [0.25, 0.3) is 32.0 Å². The Bertz CT molecular complexity index is 1810. The van der Waals surface area contributed by atoms with Crippen molar-refractivity contribution in [1.29, 1.82) is 0 Å². The Morgan fingerprint density at radius 1 is 0.661 bits per heavy atom. The Kier molecular flexibility index (Phi) is 14.1. The zero-order valence-electron chi connectivity index (χ0n) is 32.6. The van der Waals surface area contributed by atoms with Crippen molar-refractivity contribution >= 4 is 46.7 Å². The van der Waals surface area contributed by atoms with Gasteiger partial charge < -0.3 is 29.9 Å². The van der Waals surface area contributed by atoms with Crippen molar-refractivity contribution in [3.05, 3.63) is 70.9 Å². The van der Waals surface area contributed by atoms with E-state index >= 15 is 0 Å². The van der Waals surface area contributed by atoms with Crippen LogP contribution in [0.3, 0.4) is 0 Å². The molecular weight excluding hydrogens is 749 g/mol. The van der Waals surface area contributed by atoms with Crippen LogP contribution in [0.2, 0.25) is 0 Å². The fourth-order valence-corrected chi connectivity index (χ4v) is 9.65. The largest absolute Gasteiger partial charge is 0.453 e. The van der Waals surface area contributed by atoms with Gasteiger partial charge in [-0.05, 0) is 60.8 Å². The molecule has 4 atom stereocenters. The Morgan fingerprint density at radius 2 is 1.04 bits per heavy atom. The zero-order chi connectivity index (χ0) is 39.6. The number of unbranched alkanes of at least 4 members (excludes halogenated alkanes) is 2. The van der Waals surface area contributed by atoms with E-state index in [2.05, 4.69) is 73.0 Å². The summed E-state index contributed by atoms with van der Waals surface area (Å²) in [5.74, 6) is -0.159. The van der Waals surface area contributed by atoms with Crippen LogP contribution < -0.4 is 10.6 Å². The van der Waals surface area contributed by atoms with Gasteiger partial charge in [-0.3, -0.25) is 9.59 Å². The first-order chi connectivity index (χ1) is 27.2. The van der Waals surface area contributed by atoms with Crippen molar-refractivity contribution in [1.82, 2.24) is 30.4 Å². The minimum absolute atomic E-state index is 0.0797. The fourth-order valence-electron chi connectivity index (χ4n) is 7.51. The van der Waals surface area contributed by atoms with Gasteiger partial charge in [-0.2, -0.15) is 0 Å². The Morgan fingerprint density at radius 3 is 1.39 bits per heavy atom. The van der Waals surface area contributed by atoms with E-state index in [0.29, 0.717) is 25.9 Å². The zero-order valence-corrected chi connectivity index (χ0v) is 34.3. The van der Waals surface area contributed by atoms with E-state index in [1.54, 1.807) is 22.7 Å². The Balaban J connectivity index is 1.10. The first-order valence-corrected chi connectivity index (χ1v) is 21.3. The molecule has 2 aromatic carbocycles. The van der Waals surface area contributed by atoms with Crippen molar-refractivity contribution in [2.24, 2.45) is 0 Å². The highest BCUT2D eigenvalue weighted by molar-refractivity contribution is 7.15. The van der Waals surface area contributed by atoms with E-state index in [-0.39, 0.29) is 23.9 Å². The van der Waals surface area contributed by atoms with Gasteiger partial charge in [0.25, 0.3) is 0 Å². The molecule has 4 heterocycles. The predicted molar refractivity (Wildman–Crippen MR) is 219 cm³/mol. The third kappa shape index (κ3) is 9.58. The molecule has 2 aromatic heterocycles. The van der Waals surface area contributed by atoms with Crippen LogP contribution in [0.15, 0.2) is 60.9 Å². The normalized spacial score (nSPS) is 17.7. The number of hydrogen-bond acceptors (Lipinski definition) is 10. The number of nitrogens with zero attached hydrogens (tertiary/aromatic N) is 4. The molecular formula is C42H52N6O6S2. The maximum atomic E-state index is 13.6. The van der Waals surface area contributed by atoms with Crippen LogP contribution in [0.4, 0.5) is 9.59 Å². The highest BCUT2D eigenvalue weighted by atomic mass is 32.1. The molecule has 2 N–H and O–H groups in total. The van der Waals surface area contributed by atoms with Gasteiger partial charge in [-0.15, -0.1) is 22.7 Å². The van der Waals surface area contributed by atoms with E-state index in [1.807, 2.05) is 22.2 Å². The fraction of sp³-hybridized carbons (Fsp3) is 0.476. The molecule has 0 spiro atoms. The lowest BCUT2D eigenvalue weighted by Crippen LogP contribution is -2.48. The molecule has 298 valence electrons. The summed E-state index contributed by atoms with van der Waals surface area (Å²) in [5.41, 5.74) is 4.31. The van der Waals surface area contributed by atoms with Crippen LogP contribution in [0.5, 0.6) is 0 Å². The number of rotatable bonds is 15. The molecule has 0 saturated carbocycles. The second-order valence-electron chi connectivity index (χ2n) is 14.3. The lowest BCUT2D eigenvalue weighted by atomic mass is 10.0. The molecule has 6 rings (SSSR count). The number of nitrogens with one attached hydrogen (secondary N) is 2. The number of carbonyl (C=O) groups is 4. The van der Waals surface area contributed by atoms with Crippen molar-refractivity contribution in [2.75, 3.05) is 27.3 Å². The lowest BCUT2D eigenvalue weighted by Gasteiger charge is -2.28. The highest BCUT2D eigenvalue weighted by Crippen LogP contribution is 2.40. The summed E-state index contributed by atoms with van der Waals surface area (Å²) >= 11 is 3.22. The van der Waals surface area contributed by atoms with Gasteiger partial charge >= 0.3 is 12.2 Å². The number of aromatic nitrogens is 2. The molecule has 56 heavy (non-hydrogen) atoms. The molecule has 1 unspecified atom stereocenters. The number of thiazole rings is 2. The molecule has 14 heteroatoms. The molecule has 4 amide bonds. The molecule has 0 aliphatic carbocycles. The summed E-state index contributed by atoms with van der Waals surface area (Å²) in [6, 6.07) is 15.4. The van der Waals surface area contributed by atoms with Gasteiger partial charge in [0.05, 0.1) is 36.1 Å². The number of ether oxygens (including phenoxy) is 2. The summed E-state index contributed by atoms with van der Waals surface area (Å²) in [6.07, 6.45) is 10.7. The van der Waals surface area contributed by atoms with Crippen molar-refractivity contribution in [2.45, 2.75) is 102 Å². The topological polar surface area (TPSA) is 143 Å². The summed E-state index contributed by atoms with van der Waals surface area (Å²) in [4.78, 5) is 66.6. The van der Waals surface area contributed by atoms with Crippen LogP contribution in [0, 0.1) is 0 Å². The van der Waals surface area contributed by atoms with E-state index < -0.39 is 24.3 Å².